The molecule has 2 N–H and O–H groups in total. The van der Waals surface area contributed by atoms with E-state index in [-0.39, 0.29) is 5.97 Å². The first-order chi connectivity index (χ1) is 9.00. The number of aromatic nitrogens is 1. The zero-order valence-corrected chi connectivity index (χ0v) is 12.7. The van der Waals surface area contributed by atoms with Crippen molar-refractivity contribution in [3.63, 3.8) is 0 Å². The van der Waals surface area contributed by atoms with Crippen LogP contribution >= 0.6 is 11.3 Å². The lowest BCUT2D eigenvalue weighted by molar-refractivity contribution is -0.153. The Labute approximate surface area is 118 Å². The van der Waals surface area contributed by atoms with Crippen LogP contribution in [-0.4, -0.2) is 24.6 Å². The predicted octanol–water partition coefficient (Wildman–Crippen LogP) is 2.22. The Morgan fingerprint density at radius 3 is 2.63 bits per heavy atom. The molecule has 1 saturated carbocycles. The van der Waals surface area contributed by atoms with E-state index in [2.05, 4.69) is 11.9 Å². The number of carbonyl (C=O) groups excluding carboxylic acids is 1. The molecule has 0 amide bonds. The van der Waals surface area contributed by atoms with Gasteiger partial charge in [0.25, 0.3) is 0 Å². The highest BCUT2D eigenvalue weighted by Gasteiger charge is 2.43. The fourth-order valence-corrected chi connectivity index (χ4v) is 3.54. The average molecular weight is 282 g/mol. The van der Waals surface area contributed by atoms with Crippen molar-refractivity contribution in [3.8, 4) is 0 Å². The van der Waals surface area contributed by atoms with Crippen LogP contribution in [0.5, 0.6) is 0 Å². The van der Waals surface area contributed by atoms with Gasteiger partial charge in [-0.05, 0) is 26.2 Å². The molecule has 1 unspecified atom stereocenters. The lowest BCUT2D eigenvalue weighted by atomic mass is 9.79. The zero-order chi connectivity index (χ0) is 14.0. The lowest BCUT2D eigenvalue weighted by Crippen LogP contribution is -2.42. The van der Waals surface area contributed by atoms with Crippen LogP contribution in [0.15, 0.2) is 0 Å². The number of thiazole rings is 1. The van der Waals surface area contributed by atoms with E-state index in [1.165, 1.54) is 24.8 Å². The van der Waals surface area contributed by atoms with Crippen molar-refractivity contribution in [1.82, 2.24) is 4.98 Å². The summed E-state index contributed by atoms with van der Waals surface area (Å²) in [6, 6.07) is 0. The second-order valence-corrected chi connectivity index (χ2v) is 6.84. The van der Waals surface area contributed by atoms with E-state index in [9.17, 15) is 4.79 Å². The average Bonchev–Trinajstić information content (AvgIpc) is 3.14. The molecule has 106 valence electrons. The van der Waals surface area contributed by atoms with E-state index >= 15 is 0 Å². The molecule has 1 fully saturated rings. The van der Waals surface area contributed by atoms with E-state index < -0.39 is 5.41 Å². The fraction of sp³-hybridized carbons (Fsp3) is 0.714. The molecule has 0 spiro atoms. The van der Waals surface area contributed by atoms with Crippen LogP contribution in [0.3, 0.4) is 0 Å². The number of esters is 1. The summed E-state index contributed by atoms with van der Waals surface area (Å²) >= 11 is 1.66. The minimum Gasteiger partial charge on any atom is -0.469 e. The number of rotatable bonds is 6. The third kappa shape index (κ3) is 3.15. The second kappa shape index (κ2) is 5.59. The number of carbonyl (C=O) groups is 1. The number of aryl methyl sites for hydroxylation is 2. The predicted molar refractivity (Wildman–Crippen MR) is 76.1 cm³/mol. The summed E-state index contributed by atoms with van der Waals surface area (Å²) in [4.78, 5) is 17.9. The third-order valence-electron chi connectivity index (χ3n) is 3.95. The minimum absolute atomic E-state index is 0.188. The molecule has 1 heterocycles. The Morgan fingerprint density at radius 2 is 2.21 bits per heavy atom. The number of nitrogens with zero attached hydrogens (tertiary/aromatic N) is 1. The van der Waals surface area contributed by atoms with Crippen molar-refractivity contribution in [3.05, 3.63) is 15.6 Å². The van der Waals surface area contributed by atoms with E-state index in [0.29, 0.717) is 18.9 Å². The van der Waals surface area contributed by atoms with Gasteiger partial charge in [-0.1, -0.05) is 12.8 Å². The van der Waals surface area contributed by atoms with Crippen molar-refractivity contribution in [2.24, 2.45) is 17.1 Å². The third-order valence-corrected chi connectivity index (χ3v) is 5.02. The van der Waals surface area contributed by atoms with Crippen LogP contribution in [0, 0.1) is 25.2 Å². The summed E-state index contributed by atoms with van der Waals surface area (Å²) in [7, 11) is 1.44. The van der Waals surface area contributed by atoms with Crippen molar-refractivity contribution in [1.29, 1.82) is 0 Å². The normalized spacial score (nSPS) is 18.1. The van der Waals surface area contributed by atoms with Gasteiger partial charge in [0.05, 0.1) is 23.2 Å². The minimum atomic E-state index is -0.591. The largest absolute Gasteiger partial charge is 0.469 e. The van der Waals surface area contributed by atoms with Crippen LogP contribution in [-0.2, 0) is 16.0 Å². The standard InChI is InChI=1S/C14H22N2O2S/c1-9-10(2)19-12(16-9)7-14(8-15,13(17)18-3)6-11-4-5-11/h11H,4-8,15H2,1-3H3. The SMILES string of the molecule is COC(=O)C(CN)(Cc1nc(C)c(C)s1)CC1CC1. The maximum absolute atomic E-state index is 12.2. The Hall–Kier alpha value is -0.940. The molecule has 0 radical (unpaired) electrons. The van der Waals surface area contributed by atoms with Crippen LogP contribution in [0.25, 0.3) is 0 Å². The molecule has 0 aliphatic heterocycles. The summed E-state index contributed by atoms with van der Waals surface area (Å²) in [6.45, 7) is 4.38. The van der Waals surface area contributed by atoms with Crippen molar-refractivity contribution < 1.29 is 9.53 Å². The molecular formula is C14H22N2O2S. The highest BCUT2D eigenvalue weighted by molar-refractivity contribution is 7.11. The molecule has 0 saturated heterocycles. The van der Waals surface area contributed by atoms with Gasteiger partial charge in [0.1, 0.15) is 0 Å². The molecule has 1 aromatic rings. The summed E-state index contributed by atoms with van der Waals surface area (Å²) in [6.07, 6.45) is 3.84. The molecule has 2 rings (SSSR count). The molecule has 1 atom stereocenters. The maximum atomic E-state index is 12.2. The number of ether oxygens (including phenoxy) is 1. The highest BCUT2D eigenvalue weighted by Crippen LogP contribution is 2.42. The summed E-state index contributed by atoms with van der Waals surface area (Å²) in [5.41, 5.74) is 6.38. The smallest absolute Gasteiger partial charge is 0.313 e. The molecule has 4 nitrogen and oxygen atoms in total. The van der Waals surface area contributed by atoms with Gasteiger partial charge in [-0.2, -0.15) is 0 Å². The summed E-state index contributed by atoms with van der Waals surface area (Å²) in [5.74, 6) is 0.442. The van der Waals surface area contributed by atoms with Gasteiger partial charge < -0.3 is 10.5 Å². The Bertz CT molecular complexity index is 449. The van der Waals surface area contributed by atoms with Gasteiger partial charge in [0.2, 0.25) is 0 Å². The van der Waals surface area contributed by atoms with Crippen LogP contribution in [0.1, 0.15) is 34.8 Å². The monoisotopic (exact) mass is 282 g/mol. The zero-order valence-electron chi connectivity index (χ0n) is 11.9. The van der Waals surface area contributed by atoms with Gasteiger partial charge >= 0.3 is 5.97 Å². The van der Waals surface area contributed by atoms with E-state index in [0.717, 1.165) is 17.1 Å². The molecule has 0 aromatic carbocycles. The van der Waals surface area contributed by atoms with Crippen LogP contribution < -0.4 is 5.73 Å². The quantitative estimate of drug-likeness (QED) is 0.813. The Morgan fingerprint density at radius 1 is 1.53 bits per heavy atom. The molecule has 5 heteroatoms. The van der Waals surface area contributed by atoms with Gasteiger partial charge in [-0.25, -0.2) is 4.98 Å². The van der Waals surface area contributed by atoms with Gasteiger partial charge in [-0.3, -0.25) is 4.79 Å². The molecule has 1 aliphatic carbocycles. The van der Waals surface area contributed by atoms with Gasteiger partial charge in [0.15, 0.2) is 0 Å². The fourth-order valence-electron chi connectivity index (χ4n) is 2.46. The number of nitrogens with two attached hydrogens (primary N) is 1. The van der Waals surface area contributed by atoms with Crippen molar-refractivity contribution >= 4 is 17.3 Å². The molecule has 0 bridgehead atoms. The number of hydrogen-bond acceptors (Lipinski definition) is 5. The second-order valence-electron chi connectivity index (χ2n) is 5.55. The summed E-state index contributed by atoms with van der Waals surface area (Å²) < 4.78 is 5.00. The highest BCUT2D eigenvalue weighted by atomic mass is 32.1. The van der Waals surface area contributed by atoms with E-state index in [1.807, 2.05) is 6.92 Å². The molecule has 1 aliphatic rings. The lowest BCUT2D eigenvalue weighted by Gasteiger charge is -2.28. The Balaban J connectivity index is 2.22. The first-order valence-electron chi connectivity index (χ1n) is 6.72. The molecule has 1 aromatic heterocycles. The maximum Gasteiger partial charge on any atom is 0.313 e. The van der Waals surface area contributed by atoms with Gasteiger partial charge in [-0.15, -0.1) is 11.3 Å². The van der Waals surface area contributed by atoms with E-state index in [1.54, 1.807) is 11.3 Å². The first kappa shape index (κ1) is 14.5. The molecule has 19 heavy (non-hydrogen) atoms. The van der Waals surface area contributed by atoms with Crippen LogP contribution in [0.4, 0.5) is 0 Å². The van der Waals surface area contributed by atoms with Crippen molar-refractivity contribution in [2.45, 2.75) is 39.5 Å². The van der Waals surface area contributed by atoms with Crippen LogP contribution in [0.2, 0.25) is 0 Å². The number of methoxy groups -OCH3 is 1. The van der Waals surface area contributed by atoms with Crippen molar-refractivity contribution in [2.75, 3.05) is 13.7 Å². The van der Waals surface area contributed by atoms with Gasteiger partial charge in [0, 0.05) is 17.8 Å². The Kier molecular flexibility index (Phi) is 4.26. The molecular weight excluding hydrogens is 260 g/mol. The number of hydrogen-bond donors (Lipinski definition) is 1. The summed E-state index contributed by atoms with van der Waals surface area (Å²) in [5, 5.41) is 0.992. The van der Waals surface area contributed by atoms with E-state index in [4.69, 9.17) is 10.5 Å². The topological polar surface area (TPSA) is 65.2 Å². The first-order valence-corrected chi connectivity index (χ1v) is 7.54.